The topological polar surface area (TPSA) is 60.2 Å². The molecule has 0 radical (unpaired) electrons. The molecule has 0 saturated heterocycles. The van der Waals surface area contributed by atoms with Gasteiger partial charge in [-0.2, -0.15) is 0 Å². The number of nitrogen functional groups attached to an aromatic ring is 1. The highest BCUT2D eigenvalue weighted by molar-refractivity contribution is 7.91. The highest BCUT2D eigenvalue weighted by Gasteiger charge is 2.13. The van der Waals surface area contributed by atoms with E-state index in [1.54, 1.807) is 24.3 Å². The van der Waals surface area contributed by atoms with Gasteiger partial charge in [-0.05, 0) is 30.7 Å². The van der Waals surface area contributed by atoms with Gasteiger partial charge < -0.3 is 5.73 Å². The number of rotatable bonds is 12. The largest absolute Gasteiger partial charge is 0.399 e. The van der Waals surface area contributed by atoms with Gasteiger partial charge in [-0.1, -0.05) is 64.7 Å². The van der Waals surface area contributed by atoms with Gasteiger partial charge in [0, 0.05) is 5.69 Å². The molecule has 0 amide bonds. The van der Waals surface area contributed by atoms with E-state index in [1.807, 2.05) is 0 Å². The average molecular weight is 326 g/mol. The van der Waals surface area contributed by atoms with E-state index >= 15 is 0 Å². The van der Waals surface area contributed by atoms with Crippen molar-refractivity contribution in [2.75, 3.05) is 11.5 Å². The molecule has 2 N–H and O–H groups in total. The molecule has 0 aromatic heterocycles. The number of anilines is 1. The lowest BCUT2D eigenvalue weighted by molar-refractivity contribution is 0.558. The van der Waals surface area contributed by atoms with E-state index in [9.17, 15) is 8.42 Å². The van der Waals surface area contributed by atoms with E-state index in [0.717, 1.165) is 19.3 Å². The molecule has 0 saturated carbocycles. The van der Waals surface area contributed by atoms with Gasteiger partial charge in [-0.15, -0.1) is 0 Å². The zero-order valence-corrected chi connectivity index (χ0v) is 14.7. The molecule has 0 heterocycles. The van der Waals surface area contributed by atoms with Gasteiger partial charge in [0.1, 0.15) is 0 Å². The van der Waals surface area contributed by atoms with Gasteiger partial charge >= 0.3 is 0 Å². The standard InChI is InChI=1S/C18H31NO2S/c1-2-3-4-5-6-7-8-9-10-11-16-22(20,21)18-14-12-17(19)13-15-18/h12-15H,2-11,16,19H2,1H3. The van der Waals surface area contributed by atoms with Crippen LogP contribution in [0.5, 0.6) is 0 Å². The molecular weight excluding hydrogens is 294 g/mol. The summed E-state index contributed by atoms with van der Waals surface area (Å²) in [5.41, 5.74) is 6.18. The molecule has 0 aliphatic rings. The Bertz CT molecular complexity index is 494. The van der Waals surface area contributed by atoms with E-state index in [-0.39, 0.29) is 5.75 Å². The van der Waals surface area contributed by atoms with Crippen molar-refractivity contribution >= 4 is 15.5 Å². The lowest BCUT2D eigenvalue weighted by atomic mass is 10.1. The Balaban J connectivity index is 2.10. The number of hydrogen-bond donors (Lipinski definition) is 1. The fraction of sp³-hybridized carbons (Fsp3) is 0.667. The fourth-order valence-electron chi connectivity index (χ4n) is 2.57. The van der Waals surface area contributed by atoms with E-state index in [4.69, 9.17) is 5.73 Å². The van der Waals surface area contributed by atoms with E-state index in [1.165, 1.54) is 44.9 Å². The summed E-state index contributed by atoms with van der Waals surface area (Å²) in [6.45, 7) is 2.23. The molecule has 0 bridgehead atoms. The van der Waals surface area contributed by atoms with Crippen molar-refractivity contribution in [1.82, 2.24) is 0 Å². The molecule has 126 valence electrons. The lowest BCUT2D eigenvalue weighted by Gasteiger charge is -2.05. The summed E-state index contributed by atoms with van der Waals surface area (Å²) in [5.74, 6) is 0.243. The quantitative estimate of drug-likeness (QED) is 0.436. The Hall–Kier alpha value is -1.03. The Morgan fingerprint density at radius 2 is 1.23 bits per heavy atom. The number of unbranched alkanes of at least 4 members (excludes halogenated alkanes) is 9. The van der Waals surface area contributed by atoms with Gasteiger partial charge in [0.05, 0.1) is 10.6 Å². The third-order valence-corrected chi connectivity index (χ3v) is 5.82. The van der Waals surface area contributed by atoms with Crippen molar-refractivity contribution < 1.29 is 8.42 Å². The Morgan fingerprint density at radius 1 is 0.773 bits per heavy atom. The first-order chi connectivity index (χ1) is 10.6. The molecule has 1 aromatic carbocycles. The molecule has 0 spiro atoms. The summed E-state index contributed by atoms with van der Waals surface area (Å²) in [6, 6.07) is 6.48. The van der Waals surface area contributed by atoms with Crippen LogP contribution in [0.3, 0.4) is 0 Å². The number of hydrogen-bond acceptors (Lipinski definition) is 3. The number of sulfone groups is 1. The first-order valence-electron chi connectivity index (χ1n) is 8.64. The molecule has 0 aliphatic carbocycles. The second kappa shape index (κ2) is 10.7. The zero-order chi connectivity index (χ0) is 16.3. The normalized spacial score (nSPS) is 11.7. The maximum absolute atomic E-state index is 12.1. The van der Waals surface area contributed by atoms with Crippen molar-refractivity contribution in [3.8, 4) is 0 Å². The van der Waals surface area contributed by atoms with Gasteiger partial charge in [-0.3, -0.25) is 0 Å². The first kappa shape index (κ1) is 19.0. The van der Waals surface area contributed by atoms with Crippen LogP contribution < -0.4 is 5.73 Å². The second-order valence-corrected chi connectivity index (χ2v) is 8.18. The third kappa shape index (κ3) is 7.83. The van der Waals surface area contributed by atoms with E-state index in [0.29, 0.717) is 10.6 Å². The number of benzene rings is 1. The van der Waals surface area contributed by atoms with Gasteiger partial charge in [0.15, 0.2) is 9.84 Å². The Labute approximate surface area is 136 Å². The summed E-state index contributed by atoms with van der Waals surface area (Å²) in [5, 5.41) is 0. The zero-order valence-electron chi connectivity index (χ0n) is 13.9. The Kier molecular flexibility index (Phi) is 9.21. The Morgan fingerprint density at radius 3 is 1.73 bits per heavy atom. The summed E-state index contributed by atoms with van der Waals surface area (Å²) >= 11 is 0. The van der Waals surface area contributed by atoms with Crippen molar-refractivity contribution in [2.45, 2.75) is 76.0 Å². The van der Waals surface area contributed by atoms with Crippen LogP contribution in [0.2, 0.25) is 0 Å². The highest BCUT2D eigenvalue weighted by atomic mass is 32.2. The molecule has 0 unspecified atom stereocenters. The predicted molar refractivity (Wildman–Crippen MR) is 94.8 cm³/mol. The summed E-state index contributed by atoms with van der Waals surface area (Å²) in [6.07, 6.45) is 12.1. The van der Waals surface area contributed by atoms with Crippen molar-refractivity contribution in [3.63, 3.8) is 0 Å². The minimum absolute atomic E-state index is 0.243. The van der Waals surface area contributed by atoms with Crippen LogP contribution in [-0.2, 0) is 9.84 Å². The van der Waals surface area contributed by atoms with Gasteiger partial charge in [0.2, 0.25) is 0 Å². The molecule has 0 aliphatic heterocycles. The smallest absolute Gasteiger partial charge is 0.178 e. The van der Waals surface area contributed by atoms with Crippen LogP contribution in [0.15, 0.2) is 29.2 Å². The van der Waals surface area contributed by atoms with Crippen molar-refractivity contribution in [2.24, 2.45) is 0 Å². The van der Waals surface area contributed by atoms with Crippen LogP contribution in [0, 0.1) is 0 Å². The van der Waals surface area contributed by atoms with Crippen molar-refractivity contribution in [3.05, 3.63) is 24.3 Å². The monoisotopic (exact) mass is 325 g/mol. The molecule has 3 nitrogen and oxygen atoms in total. The van der Waals surface area contributed by atoms with E-state index < -0.39 is 9.84 Å². The summed E-state index contributed by atoms with van der Waals surface area (Å²) in [4.78, 5) is 0.387. The van der Waals surface area contributed by atoms with Crippen molar-refractivity contribution in [1.29, 1.82) is 0 Å². The lowest BCUT2D eigenvalue weighted by Crippen LogP contribution is -2.06. The highest BCUT2D eigenvalue weighted by Crippen LogP contribution is 2.16. The SMILES string of the molecule is CCCCCCCCCCCCS(=O)(=O)c1ccc(N)cc1. The molecule has 4 heteroatoms. The predicted octanol–water partition coefficient (Wildman–Crippen LogP) is 4.96. The fourth-order valence-corrected chi connectivity index (χ4v) is 3.94. The van der Waals surface area contributed by atoms with Crippen LogP contribution in [-0.4, -0.2) is 14.2 Å². The summed E-state index contributed by atoms with van der Waals surface area (Å²) in [7, 11) is -3.14. The molecular formula is C18H31NO2S. The van der Waals surface area contributed by atoms with E-state index in [2.05, 4.69) is 6.92 Å². The maximum atomic E-state index is 12.1. The van der Waals surface area contributed by atoms with Crippen LogP contribution in [0.1, 0.15) is 71.1 Å². The molecule has 1 rings (SSSR count). The van der Waals surface area contributed by atoms with Gasteiger partial charge in [0.25, 0.3) is 0 Å². The number of nitrogens with two attached hydrogens (primary N) is 1. The molecule has 22 heavy (non-hydrogen) atoms. The van der Waals surface area contributed by atoms with Crippen LogP contribution in [0.4, 0.5) is 5.69 Å². The summed E-state index contributed by atoms with van der Waals surface area (Å²) < 4.78 is 24.3. The second-order valence-electron chi connectivity index (χ2n) is 6.07. The maximum Gasteiger partial charge on any atom is 0.178 e. The minimum atomic E-state index is -3.14. The average Bonchev–Trinajstić information content (AvgIpc) is 2.49. The van der Waals surface area contributed by atoms with Gasteiger partial charge in [-0.25, -0.2) is 8.42 Å². The molecule has 0 atom stereocenters. The minimum Gasteiger partial charge on any atom is -0.399 e. The molecule has 1 aromatic rings. The van der Waals surface area contributed by atoms with Crippen LogP contribution in [0.25, 0.3) is 0 Å². The first-order valence-corrected chi connectivity index (χ1v) is 10.3. The third-order valence-electron chi connectivity index (χ3n) is 4.01. The van der Waals surface area contributed by atoms with Crippen LogP contribution >= 0.6 is 0 Å². The molecule has 0 fully saturated rings.